The molecule has 5 nitrogen and oxygen atoms in total. The first-order chi connectivity index (χ1) is 12.6. The number of amides is 1. The van der Waals surface area contributed by atoms with Crippen molar-refractivity contribution in [2.24, 2.45) is 0 Å². The molecule has 1 heterocycles. The van der Waals surface area contributed by atoms with Crippen LogP contribution in [-0.2, 0) is 11.3 Å². The Morgan fingerprint density at radius 2 is 2.04 bits per heavy atom. The second-order valence-electron chi connectivity index (χ2n) is 6.23. The summed E-state index contributed by atoms with van der Waals surface area (Å²) in [5, 5.41) is 3.45. The summed E-state index contributed by atoms with van der Waals surface area (Å²) < 4.78 is 10.6. The van der Waals surface area contributed by atoms with Crippen LogP contribution in [0.25, 0.3) is 0 Å². The van der Waals surface area contributed by atoms with E-state index >= 15 is 0 Å². The van der Waals surface area contributed by atoms with Gasteiger partial charge in [0, 0.05) is 34.9 Å². The molecule has 2 aromatic carbocycles. The average Bonchev–Trinajstić information content (AvgIpc) is 2.66. The Morgan fingerprint density at radius 1 is 1.23 bits per heavy atom. The van der Waals surface area contributed by atoms with Gasteiger partial charge in [0.15, 0.2) is 0 Å². The number of ether oxygens (including phenoxy) is 2. The van der Waals surface area contributed by atoms with Crippen molar-refractivity contribution in [2.45, 2.75) is 23.6 Å². The van der Waals surface area contributed by atoms with E-state index in [0.717, 1.165) is 23.5 Å². The van der Waals surface area contributed by atoms with Crippen LogP contribution in [0.4, 0.5) is 5.69 Å². The monoisotopic (exact) mass is 372 g/mol. The van der Waals surface area contributed by atoms with E-state index in [1.165, 1.54) is 4.90 Å². The van der Waals surface area contributed by atoms with Crippen LogP contribution in [0.5, 0.6) is 11.5 Å². The highest BCUT2D eigenvalue weighted by Crippen LogP contribution is 2.37. The minimum atomic E-state index is -0.00299. The fourth-order valence-electron chi connectivity index (χ4n) is 3.05. The Bertz CT molecular complexity index is 781. The molecule has 0 aliphatic carbocycles. The highest BCUT2D eigenvalue weighted by molar-refractivity contribution is 8.00. The van der Waals surface area contributed by atoms with E-state index in [9.17, 15) is 4.79 Å². The maximum Gasteiger partial charge on any atom is 0.239 e. The van der Waals surface area contributed by atoms with Crippen LogP contribution in [0.3, 0.4) is 0 Å². The summed E-state index contributed by atoms with van der Waals surface area (Å²) in [7, 11) is 3.23. The van der Waals surface area contributed by atoms with Gasteiger partial charge in [-0.2, -0.15) is 0 Å². The molecule has 0 radical (unpaired) electrons. The molecule has 1 N–H and O–H groups in total. The highest BCUT2D eigenvalue weighted by atomic mass is 32.2. The van der Waals surface area contributed by atoms with Gasteiger partial charge in [-0.3, -0.25) is 4.79 Å². The van der Waals surface area contributed by atoms with Gasteiger partial charge < -0.3 is 19.7 Å². The lowest BCUT2D eigenvalue weighted by atomic mass is 10.2. The first kappa shape index (κ1) is 18.5. The van der Waals surface area contributed by atoms with Gasteiger partial charge in [-0.25, -0.2) is 0 Å². The van der Waals surface area contributed by atoms with Crippen molar-refractivity contribution >= 4 is 23.4 Å². The normalized spacial score (nSPS) is 16.0. The van der Waals surface area contributed by atoms with Crippen LogP contribution < -0.4 is 19.7 Å². The number of hydrogen-bond donors (Lipinski definition) is 1. The number of carbonyl (C=O) groups is 1. The number of thioether (sulfide) groups is 1. The zero-order valence-electron chi connectivity index (χ0n) is 15.3. The fraction of sp³-hybridized carbons (Fsp3) is 0.350. The number of nitrogens with zero attached hydrogens (tertiary/aromatic N) is 1. The SMILES string of the molecule is COc1ccc(CNC(=O)CN2CC(C)Sc3ccccc32)c(OC)c1. The molecule has 0 saturated carbocycles. The Balaban J connectivity index is 1.63. The third kappa shape index (κ3) is 4.25. The third-order valence-corrected chi connectivity index (χ3v) is 5.47. The van der Waals surface area contributed by atoms with Crippen molar-refractivity contribution in [1.82, 2.24) is 5.32 Å². The Labute approximate surface area is 158 Å². The zero-order valence-corrected chi connectivity index (χ0v) is 16.1. The van der Waals surface area contributed by atoms with Gasteiger partial charge in [0.25, 0.3) is 0 Å². The topological polar surface area (TPSA) is 50.8 Å². The summed E-state index contributed by atoms with van der Waals surface area (Å²) in [6, 6.07) is 13.8. The molecule has 26 heavy (non-hydrogen) atoms. The minimum absolute atomic E-state index is 0.00299. The number of benzene rings is 2. The van der Waals surface area contributed by atoms with E-state index in [4.69, 9.17) is 9.47 Å². The average molecular weight is 372 g/mol. The summed E-state index contributed by atoms with van der Waals surface area (Å²) in [5.41, 5.74) is 2.05. The largest absolute Gasteiger partial charge is 0.497 e. The first-order valence-electron chi connectivity index (χ1n) is 8.59. The van der Waals surface area contributed by atoms with Crippen molar-refractivity contribution in [1.29, 1.82) is 0 Å². The smallest absolute Gasteiger partial charge is 0.239 e. The number of nitrogens with one attached hydrogen (secondary N) is 1. The number of methoxy groups -OCH3 is 2. The quantitative estimate of drug-likeness (QED) is 0.843. The first-order valence-corrected chi connectivity index (χ1v) is 9.47. The van der Waals surface area contributed by atoms with Crippen LogP contribution in [0.1, 0.15) is 12.5 Å². The molecule has 0 spiro atoms. The summed E-state index contributed by atoms with van der Waals surface area (Å²) in [4.78, 5) is 15.9. The summed E-state index contributed by atoms with van der Waals surface area (Å²) in [6.45, 7) is 3.82. The van der Waals surface area contributed by atoms with Crippen LogP contribution >= 0.6 is 11.8 Å². The van der Waals surface area contributed by atoms with Crippen LogP contribution in [0.2, 0.25) is 0 Å². The standard InChI is InChI=1S/C20H24N2O3S/c1-14-12-22(17-6-4-5-7-19(17)26-14)13-20(23)21-11-15-8-9-16(24-2)10-18(15)25-3/h4-10,14H,11-13H2,1-3H3,(H,21,23). The van der Waals surface area contributed by atoms with Crippen molar-refractivity contribution in [3.8, 4) is 11.5 Å². The third-order valence-electron chi connectivity index (χ3n) is 4.32. The molecule has 138 valence electrons. The zero-order chi connectivity index (χ0) is 18.5. The molecule has 1 atom stereocenters. The van der Waals surface area contributed by atoms with Gasteiger partial charge >= 0.3 is 0 Å². The maximum atomic E-state index is 12.5. The van der Waals surface area contributed by atoms with Crippen molar-refractivity contribution in [2.75, 3.05) is 32.2 Å². The molecule has 0 saturated heterocycles. The van der Waals surface area contributed by atoms with Crippen LogP contribution in [0, 0.1) is 0 Å². The Morgan fingerprint density at radius 3 is 2.81 bits per heavy atom. The maximum absolute atomic E-state index is 12.5. The van der Waals surface area contributed by atoms with Crippen LogP contribution in [-0.4, -0.2) is 38.5 Å². The van der Waals surface area contributed by atoms with Crippen molar-refractivity contribution < 1.29 is 14.3 Å². The minimum Gasteiger partial charge on any atom is -0.497 e. The second kappa shape index (κ2) is 8.36. The highest BCUT2D eigenvalue weighted by Gasteiger charge is 2.23. The van der Waals surface area contributed by atoms with Gasteiger partial charge in [0.05, 0.1) is 26.5 Å². The molecule has 0 bridgehead atoms. The molecule has 0 fully saturated rings. The lowest BCUT2D eigenvalue weighted by Gasteiger charge is -2.33. The van der Waals surface area contributed by atoms with Gasteiger partial charge in [-0.1, -0.05) is 19.1 Å². The molecule has 1 aliphatic rings. The predicted molar refractivity (Wildman–Crippen MR) is 105 cm³/mol. The van der Waals surface area contributed by atoms with E-state index in [-0.39, 0.29) is 5.91 Å². The molecule has 3 rings (SSSR count). The molecule has 0 aromatic heterocycles. The molecular weight excluding hydrogens is 348 g/mol. The molecule has 6 heteroatoms. The fourth-order valence-corrected chi connectivity index (χ4v) is 4.21. The van der Waals surface area contributed by atoms with Crippen molar-refractivity contribution in [3.05, 3.63) is 48.0 Å². The van der Waals surface area contributed by atoms with Gasteiger partial charge in [0.2, 0.25) is 5.91 Å². The number of hydrogen-bond acceptors (Lipinski definition) is 5. The summed E-state index contributed by atoms with van der Waals surface area (Å²) >= 11 is 1.86. The van der Waals surface area contributed by atoms with Crippen molar-refractivity contribution in [3.63, 3.8) is 0 Å². The number of anilines is 1. The van der Waals surface area contributed by atoms with E-state index in [1.54, 1.807) is 14.2 Å². The molecule has 1 unspecified atom stereocenters. The lowest BCUT2D eigenvalue weighted by Crippen LogP contribution is -2.41. The van der Waals surface area contributed by atoms with Gasteiger partial charge in [0.1, 0.15) is 11.5 Å². The second-order valence-corrected chi connectivity index (χ2v) is 7.71. The van der Waals surface area contributed by atoms with Crippen LogP contribution in [0.15, 0.2) is 47.4 Å². The number of para-hydroxylation sites is 1. The molecule has 1 amide bonds. The molecular formula is C20H24N2O3S. The number of rotatable bonds is 6. The number of fused-ring (bicyclic) bond motifs is 1. The van der Waals surface area contributed by atoms with E-state index in [1.807, 2.05) is 42.1 Å². The summed E-state index contributed by atoms with van der Waals surface area (Å²) in [6.07, 6.45) is 0. The van der Waals surface area contributed by atoms with E-state index < -0.39 is 0 Å². The van der Waals surface area contributed by atoms with Gasteiger partial charge in [-0.15, -0.1) is 11.8 Å². The van der Waals surface area contributed by atoms with Gasteiger partial charge in [-0.05, 0) is 24.3 Å². The van der Waals surface area contributed by atoms with E-state index in [0.29, 0.717) is 24.1 Å². The van der Waals surface area contributed by atoms with E-state index in [2.05, 4.69) is 29.3 Å². The number of carbonyl (C=O) groups excluding carboxylic acids is 1. The predicted octanol–water partition coefficient (Wildman–Crippen LogP) is 3.32. The lowest BCUT2D eigenvalue weighted by molar-refractivity contribution is -0.119. The Hall–Kier alpha value is -2.34. The molecule has 1 aliphatic heterocycles. The summed E-state index contributed by atoms with van der Waals surface area (Å²) in [5.74, 6) is 1.43. The molecule has 2 aromatic rings. The Kier molecular flexibility index (Phi) is 5.93.